The highest BCUT2D eigenvalue weighted by Gasteiger charge is 2.24. The van der Waals surface area contributed by atoms with Crippen molar-refractivity contribution in [2.75, 3.05) is 18.4 Å². The van der Waals surface area contributed by atoms with Gasteiger partial charge in [-0.05, 0) is 6.42 Å². The molecule has 1 aliphatic heterocycles. The number of nitrogens with two attached hydrogens (primary N) is 1. The van der Waals surface area contributed by atoms with Gasteiger partial charge in [-0.1, -0.05) is 13.8 Å². The lowest BCUT2D eigenvalue weighted by atomic mass is 10.2. The highest BCUT2D eigenvalue weighted by atomic mass is 32.1. The molecule has 0 aliphatic carbocycles. The second-order valence-corrected chi connectivity index (χ2v) is 6.21. The summed E-state index contributed by atoms with van der Waals surface area (Å²) in [6.45, 7) is 5.00. The van der Waals surface area contributed by atoms with Crippen LogP contribution in [-0.4, -0.2) is 40.8 Å². The fourth-order valence-electron chi connectivity index (χ4n) is 1.98. The molecule has 2 rings (SSSR count). The Labute approximate surface area is 122 Å². The molecule has 0 unspecified atom stereocenters. The second kappa shape index (κ2) is 6.32. The van der Waals surface area contributed by atoms with Crippen LogP contribution in [0, 0.1) is 5.92 Å². The van der Waals surface area contributed by atoms with E-state index in [1.54, 1.807) is 4.90 Å². The summed E-state index contributed by atoms with van der Waals surface area (Å²) >= 11 is 1.34. The smallest absolute Gasteiger partial charge is 0.228 e. The highest BCUT2D eigenvalue weighted by molar-refractivity contribution is 7.13. The molecule has 2 heterocycles. The molecule has 1 aromatic heterocycles. The Balaban J connectivity index is 1.89. The minimum absolute atomic E-state index is 0.0463. The van der Waals surface area contributed by atoms with E-state index in [-0.39, 0.29) is 30.2 Å². The van der Waals surface area contributed by atoms with Crippen molar-refractivity contribution in [3.8, 4) is 0 Å². The van der Waals surface area contributed by atoms with Crippen molar-refractivity contribution in [1.29, 1.82) is 0 Å². The van der Waals surface area contributed by atoms with Crippen LogP contribution in [0.15, 0.2) is 5.38 Å². The number of carbonyl (C=O) groups excluding carboxylic acids is 2. The van der Waals surface area contributed by atoms with Crippen molar-refractivity contribution in [3.63, 3.8) is 0 Å². The zero-order valence-electron chi connectivity index (χ0n) is 11.8. The first-order chi connectivity index (χ1) is 9.45. The summed E-state index contributed by atoms with van der Waals surface area (Å²) in [5.41, 5.74) is 6.48. The van der Waals surface area contributed by atoms with Gasteiger partial charge >= 0.3 is 0 Å². The zero-order chi connectivity index (χ0) is 14.7. The number of rotatable bonds is 4. The molecular weight excluding hydrogens is 276 g/mol. The van der Waals surface area contributed by atoms with Crippen molar-refractivity contribution < 1.29 is 9.59 Å². The summed E-state index contributed by atoms with van der Waals surface area (Å²) in [4.78, 5) is 29.6. The lowest BCUT2D eigenvalue weighted by Gasteiger charge is -2.14. The summed E-state index contributed by atoms with van der Waals surface area (Å²) in [5, 5.41) is 5.09. The monoisotopic (exact) mass is 296 g/mol. The van der Waals surface area contributed by atoms with Gasteiger partial charge in [0.25, 0.3) is 0 Å². The average molecular weight is 296 g/mol. The molecule has 0 aromatic carbocycles. The van der Waals surface area contributed by atoms with Gasteiger partial charge in [0, 0.05) is 30.4 Å². The lowest BCUT2D eigenvalue weighted by molar-refractivity contribution is -0.129. The summed E-state index contributed by atoms with van der Waals surface area (Å²) in [7, 11) is 0. The summed E-state index contributed by atoms with van der Waals surface area (Å²) < 4.78 is 0. The van der Waals surface area contributed by atoms with E-state index >= 15 is 0 Å². The number of aromatic nitrogens is 1. The van der Waals surface area contributed by atoms with Crippen molar-refractivity contribution in [2.45, 2.75) is 32.7 Å². The number of anilines is 1. The van der Waals surface area contributed by atoms with Crippen LogP contribution in [-0.2, 0) is 16.0 Å². The van der Waals surface area contributed by atoms with Gasteiger partial charge in [0.15, 0.2) is 5.13 Å². The van der Waals surface area contributed by atoms with Crippen molar-refractivity contribution >= 4 is 28.3 Å². The molecular formula is C13H20N4O2S. The molecule has 20 heavy (non-hydrogen) atoms. The Morgan fingerprint density at radius 2 is 2.35 bits per heavy atom. The summed E-state index contributed by atoms with van der Waals surface area (Å²) in [6.07, 6.45) is 1.12. The molecule has 1 aliphatic rings. The van der Waals surface area contributed by atoms with E-state index in [1.165, 1.54) is 11.3 Å². The Morgan fingerprint density at radius 3 is 2.95 bits per heavy atom. The van der Waals surface area contributed by atoms with E-state index in [4.69, 9.17) is 5.73 Å². The average Bonchev–Trinajstić information content (AvgIpc) is 2.98. The molecule has 1 fully saturated rings. The molecule has 7 heteroatoms. The lowest BCUT2D eigenvalue weighted by Crippen LogP contribution is -2.33. The number of amides is 2. The summed E-state index contributed by atoms with van der Waals surface area (Å²) in [5.74, 6) is -0.109. The summed E-state index contributed by atoms with van der Waals surface area (Å²) in [6, 6.07) is 0.0928. The Bertz CT molecular complexity index is 500. The normalized spacial score (nSPS) is 18.6. The first-order valence-corrected chi connectivity index (χ1v) is 7.62. The van der Waals surface area contributed by atoms with Crippen LogP contribution in [0.2, 0.25) is 0 Å². The number of hydrogen-bond donors (Lipinski definition) is 2. The molecule has 6 nitrogen and oxygen atoms in total. The first kappa shape index (κ1) is 14.9. The number of nitrogens with one attached hydrogen (secondary N) is 1. The fraction of sp³-hybridized carbons (Fsp3) is 0.615. The van der Waals surface area contributed by atoms with E-state index in [2.05, 4.69) is 10.3 Å². The molecule has 1 aromatic rings. The molecule has 0 bridgehead atoms. The van der Waals surface area contributed by atoms with Crippen LogP contribution < -0.4 is 11.1 Å². The van der Waals surface area contributed by atoms with Gasteiger partial charge in [-0.25, -0.2) is 4.98 Å². The molecule has 0 radical (unpaired) electrons. The third kappa shape index (κ3) is 3.77. The Morgan fingerprint density at radius 1 is 1.60 bits per heavy atom. The van der Waals surface area contributed by atoms with E-state index in [0.717, 1.165) is 13.0 Å². The number of hydrogen-bond acceptors (Lipinski definition) is 5. The van der Waals surface area contributed by atoms with Crippen molar-refractivity contribution in [2.24, 2.45) is 11.7 Å². The number of carbonyl (C=O) groups is 2. The zero-order valence-corrected chi connectivity index (χ0v) is 12.6. The molecule has 3 N–H and O–H groups in total. The topological polar surface area (TPSA) is 88.3 Å². The largest absolute Gasteiger partial charge is 0.341 e. The Kier molecular flexibility index (Phi) is 4.72. The van der Waals surface area contributed by atoms with Gasteiger partial charge in [0.1, 0.15) is 0 Å². The number of likely N-dealkylation sites (tertiary alicyclic amines) is 1. The predicted octanol–water partition coefficient (Wildman–Crippen LogP) is 0.840. The standard InChI is InChI=1S/C13H20N4O2S/c1-8(2)12(19)16-13-15-10(7-20-13)5-11(18)17-4-3-9(14)6-17/h7-9H,3-6,14H2,1-2H3,(H,15,16,19)/t9-/m1/s1. The Hall–Kier alpha value is -1.47. The minimum atomic E-state index is -0.0879. The van der Waals surface area contributed by atoms with Crippen LogP contribution in [0.1, 0.15) is 26.0 Å². The van der Waals surface area contributed by atoms with E-state index < -0.39 is 0 Å². The maximum Gasteiger partial charge on any atom is 0.228 e. The number of nitrogens with zero attached hydrogens (tertiary/aromatic N) is 2. The molecule has 1 atom stereocenters. The highest BCUT2D eigenvalue weighted by Crippen LogP contribution is 2.18. The SMILES string of the molecule is CC(C)C(=O)Nc1nc(CC(=O)N2CC[C@@H](N)C2)cs1. The van der Waals surface area contributed by atoms with Gasteiger partial charge in [-0.3, -0.25) is 9.59 Å². The predicted molar refractivity (Wildman–Crippen MR) is 78.5 cm³/mol. The van der Waals surface area contributed by atoms with Crippen LogP contribution in [0.3, 0.4) is 0 Å². The van der Waals surface area contributed by atoms with Gasteiger partial charge in [-0.15, -0.1) is 11.3 Å². The van der Waals surface area contributed by atoms with Crippen molar-refractivity contribution in [1.82, 2.24) is 9.88 Å². The number of thiazole rings is 1. The fourth-order valence-corrected chi connectivity index (χ4v) is 2.69. The van der Waals surface area contributed by atoms with Gasteiger partial charge in [0.2, 0.25) is 11.8 Å². The molecule has 2 amide bonds. The van der Waals surface area contributed by atoms with Crippen LogP contribution in [0.25, 0.3) is 0 Å². The van der Waals surface area contributed by atoms with Crippen molar-refractivity contribution in [3.05, 3.63) is 11.1 Å². The van der Waals surface area contributed by atoms with Gasteiger partial charge in [-0.2, -0.15) is 0 Å². The molecule has 1 saturated heterocycles. The van der Waals surface area contributed by atoms with Crippen LogP contribution in [0.5, 0.6) is 0 Å². The third-order valence-corrected chi connectivity index (χ3v) is 4.02. The van der Waals surface area contributed by atoms with E-state index in [9.17, 15) is 9.59 Å². The third-order valence-electron chi connectivity index (χ3n) is 3.22. The van der Waals surface area contributed by atoms with Crippen LogP contribution >= 0.6 is 11.3 Å². The molecule has 0 spiro atoms. The van der Waals surface area contributed by atoms with E-state index in [0.29, 0.717) is 17.4 Å². The minimum Gasteiger partial charge on any atom is -0.341 e. The quantitative estimate of drug-likeness (QED) is 0.861. The van der Waals surface area contributed by atoms with Gasteiger partial charge < -0.3 is 16.0 Å². The maximum absolute atomic E-state index is 12.0. The molecule has 110 valence electrons. The van der Waals surface area contributed by atoms with E-state index in [1.807, 2.05) is 19.2 Å². The first-order valence-electron chi connectivity index (χ1n) is 6.74. The molecule has 0 saturated carbocycles. The van der Waals surface area contributed by atoms with Crippen LogP contribution in [0.4, 0.5) is 5.13 Å². The second-order valence-electron chi connectivity index (χ2n) is 5.35. The maximum atomic E-state index is 12.0. The van der Waals surface area contributed by atoms with Gasteiger partial charge in [0.05, 0.1) is 12.1 Å².